The molecule has 0 aliphatic carbocycles. The first-order chi connectivity index (χ1) is 44.5. The van der Waals surface area contributed by atoms with Crippen LogP contribution in [0.25, 0.3) is 0 Å². The van der Waals surface area contributed by atoms with E-state index in [1.807, 2.05) is 0 Å². The van der Waals surface area contributed by atoms with E-state index in [4.69, 9.17) is 23.7 Å². The van der Waals surface area contributed by atoms with Gasteiger partial charge in [-0.15, -0.1) is 0 Å². The van der Waals surface area contributed by atoms with Crippen molar-refractivity contribution in [3.05, 3.63) is 0 Å². The molecule has 0 aromatic carbocycles. The van der Waals surface area contributed by atoms with Gasteiger partial charge in [0.05, 0.1) is 95.7 Å². The summed E-state index contributed by atoms with van der Waals surface area (Å²) in [6.45, 7) is 0.431. The van der Waals surface area contributed by atoms with E-state index in [1.54, 1.807) is 33.4 Å². The summed E-state index contributed by atoms with van der Waals surface area (Å²) in [5, 5.41) is 0. The summed E-state index contributed by atoms with van der Waals surface area (Å²) >= 11 is 0. The molecular weight excluding hydrogens is 1470 g/mol. The van der Waals surface area contributed by atoms with E-state index in [0.29, 0.717) is 0 Å². The second-order valence-electron chi connectivity index (χ2n) is 23.7. The number of carbonyl (C=O) groups is 4. The monoisotopic (exact) mass is 1570 g/mol. The number of rotatable bonds is 62. The highest BCUT2D eigenvalue weighted by molar-refractivity contribution is 7.87. The van der Waals surface area contributed by atoms with Crippen LogP contribution in [-0.4, -0.2) is 311 Å². The van der Waals surface area contributed by atoms with E-state index in [0.717, 1.165) is 0 Å². The molecule has 0 rings (SSSR count). The third kappa shape index (κ3) is 58.2. The van der Waals surface area contributed by atoms with Gasteiger partial charge in [-0.1, -0.05) is 13.8 Å². The van der Waals surface area contributed by atoms with Crippen molar-refractivity contribution >= 4 is 105 Å². The number of carbonyl (C=O) groups excluding carboxylic acids is 4. The van der Waals surface area contributed by atoms with Crippen molar-refractivity contribution < 1.29 is 147 Å². The molecule has 0 aliphatic heterocycles. The van der Waals surface area contributed by atoms with Crippen molar-refractivity contribution in [3.63, 3.8) is 0 Å². The average molecular weight is 1570 g/mol. The molecule has 0 aromatic rings. The van der Waals surface area contributed by atoms with Crippen LogP contribution in [0.5, 0.6) is 0 Å². The molecule has 0 fully saturated rings. The summed E-state index contributed by atoms with van der Waals surface area (Å²) in [6, 6.07) is 0. The first-order valence-corrected chi connectivity index (χ1v) is 44.1. The molecular formula is C52H102N4O33S8. The Balaban J connectivity index is 7.24. The molecule has 0 heterocycles. The lowest BCUT2D eigenvalue weighted by molar-refractivity contribution is -0.163. The van der Waals surface area contributed by atoms with Crippen LogP contribution in [0.3, 0.4) is 0 Å². The van der Waals surface area contributed by atoms with Gasteiger partial charge in [-0.3, -0.25) is 55.6 Å². The lowest BCUT2D eigenvalue weighted by Gasteiger charge is -2.35. The topological polar surface area (TPSA) is 562 Å². The largest absolute Gasteiger partial charge is 0.465 e. The number of unbranched alkanes of at least 4 members (excludes halogenated alkanes) is 4. The smallest absolute Gasteiger partial charge is 0.307 e. The Morgan fingerprint density at radius 2 is 0.423 bits per heavy atom. The SMILES string of the molecule is CCC(COCC(CC)(COC(=O)CCN(CCCCS(=O)(=O)O)CCCS(=O)(=O)O)COC(=O)CCN(CCCCS(=O)(=O)O)CCCS(=O)(=O)O)(COC(=O)CCN(CCCCS(=O)(=O)O)CCCS(=O)(=O)O)COC(=O)CCN(CCCCS(=O)(=O)O)CCCS(=O)(=O)O. The highest BCUT2D eigenvalue weighted by Gasteiger charge is 2.38. The Labute approximate surface area is 572 Å². The molecule has 8 N–H and O–H groups in total. The predicted molar refractivity (Wildman–Crippen MR) is 351 cm³/mol. The van der Waals surface area contributed by atoms with Crippen LogP contribution in [-0.2, 0) is 124 Å². The van der Waals surface area contributed by atoms with Crippen LogP contribution >= 0.6 is 0 Å². The van der Waals surface area contributed by atoms with Crippen LogP contribution in [0.1, 0.15) is 129 Å². The van der Waals surface area contributed by atoms with Gasteiger partial charge in [-0.25, -0.2) is 0 Å². The first kappa shape index (κ1) is 94.0. The first-order valence-electron chi connectivity index (χ1n) is 31.3. The maximum atomic E-state index is 13.6. The van der Waals surface area contributed by atoms with Crippen LogP contribution in [0.4, 0.5) is 0 Å². The van der Waals surface area contributed by atoms with E-state index in [9.17, 15) is 123 Å². The standard InChI is InChI=1S/C52H102N4O33S8/c1-3-51(43-86-47(57)17-29-53(25-13-37-94(73,74)75)21-5-9-33-90(61,62)63,44-87-48(58)18-30-54(26-14-38-95(76,77)78)22-6-10-34-91(64,65)66)41-85-42-52(4-2,45-88-49(59)19-31-55(27-15-39-96(79,80)81)23-7-11-35-92(67,68)69)46-89-50(60)20-32-56(28-16-40-97(82,83)84)24-8-12-36-93(70,71)72/h3-46H2,1-2H3,(H,61,62,63)(H,64,65,66)(H,67,68,69)(H,70,71,72)(H,73,74,75)(H,76,77,78)(H,79,80,81)(H,82,83,84). The van der Waals surface area contributed by atoms with Gasteiger partial charge >= 0.3 is 23.9 Å². The molecule has 37 nitrogen and oxygen atoms in total. The fraction of sp³-hybridized carbons (Fsp3) is 0.923. The van der Waals surface area contributed by atoms with E-state index in [1.165, 1.54) is 0 Å². The Morgan fingerprint density at radius 3 is 0.588 bits per heavy atom. The maximum absolute atomic E-state index is 13.6. The van der Waals surface area contributed by atoms with Crippen LogP contribution in [0.2, 0.25) is 0 Å². The average Bonchev–Trinajstić information content (AvgIpc) is 0.856. The van der Waals surface area contributed by atoms with Crippen molar-refractivity contribution in [3.8, 4) is 0 Å². The van der Waals surface area contributed by atoms with E-state index < -0.39 is 201 Å². The number of esters is 4. The van der Waals surface area contributed by atoms with E-state index >= 15 is 0 Å². The Morgan fingerprint density at radius 1 is 0.258 bits per heavy atom. The third-order valence-corrected chi connectivity index (χ3v) is 21.5. The van der Waals surface area contributed by atoms with Gasteiger partial charge < -0.3 is 43.3 Å². The number of nitrogens with zero attached hydrogens (tertiary/aromatic N) is 4. The normalized spacial score (nSPS) is 13.4. The fourth-order valence-corrected chi connectivity index (χ4v) is 13.5. The molecule has 0 aliphatic rings. The van der Waals surface area contributed by atoms with Crippen molar-refractivity contribution in [1.29, 1.82) is 0 Å². The summed E-state index contributed by atoms with van der Waals surface area (Å²) < 4.78 is 286. The molecule has 0 aromatic heterocycles. The molecule has 0 spiro atoms. The van der Waals surface area contributed by atoms with Gasteiger partial charge in [0, 0.05) is 26.2 Å². The van der Waals surface area contributed by atoms with Crippen molar-refractivity contribution in [2.75, 3.05) is 164 Å². The number of hydrogen-bond donors (Lipinski definition) is 8. The Bertz CT molecular complexity index is 2870. The van der Waals surface area contributed by atoms with Gasteiger partial charge in [-0.2, -0.15) is 67.3 Å². The van der Waals surface area contributed by atoms with Crippen molar-refractivity contribution in [2.24, 2.45) is 10.8 Å². The number of hydrogen-bond acceptors (Lipinski definition) is 29. The highest BCUT2D eigenvalue weighted by atomic mass is 32.2. The zero-order valence-electron chi connectivity index (χ0n) is 55.0. The van der Waals surface area contributed by atoms with Gasteiger partial charge in [-0.05, 0) is 142 Å². The molecule has 0 radical (unpaired) electrons. The lowest BCUT2D eigenvalue weighted by atomic mass is 9.86. The molecule has 0 unspecified atom stereocenters. The second-order valence-corrected chi connectivity index (χ2v) is 36.3. The van der Waals surface area contributed by atoms with Gasteiger partial charge in [0.25, 0.3) is 80.9 Å². The Hall–Kier alpha value is -3.04. The van der Waals surface area contributed by atoms with Crippen molar-refractivity contribution in [1.82, 2.24) is 19.6 Å². The molecule has 0 bridgehead atoms. The fourth-order valence-electron chi connectivity index (χ4n) is 9.27. The van der Waals surface area contributed by atoms with Crippen LogP contribution in [0.15, 0.2) is 0 Å². The summed E-state index contributed by atoms with van der Waals surface area (Å²) in [5.41, 5.74) is -2.87. The van der Waals surface area contributed by atoms with Gasteiger partial charge in [0.1, 0.15) is 26.4 Å². The van der Waals surface area contributed by atoms with E-state index in [2.05, 4.69) is 0 Å². The molecule has 0 saturated carbocycles. The molecule has 45 heteroatoms. The predicted octanol–water partition coefficient (Wildman–Crippen LogP) is 0.521. The van der Waals surface area contributed by atoms with Crippen molar-refractivity contribution in [2.45, 2.75) is 129 Å². The Kier molecular flexibility index (Phi) is 45.1. The molecule has 576 valence electrons. The summed E-state index contributed by atoms with van der Waals surface area (Å²) in [4.78, 5) is 60.8. The molecule has 0 saturated heterocycles. The minimum atomic E-state index is -4.39. The number of ether oxygens (including phenoxy) is 5. The second kappa shape index (κ2) is 46.5. The quantitative estimate of drug-likeness (QED) is 0.0178. The summed E-state index contributed by atoms with van der Waals surface area (Å²) in [7, 11) is -34.8. The minimum Gasteiger partial charge on any atom is -0.465 e. The molecule has 0 atom stereocenters. The molecule has 97 heavy (non-hydrogen) atoms. The van der Waals surface area contributed by atoms with Crippen LogP contribution < -0.4 is 0 Å². The van der Waals surface area contributed by atoms with Gasteiger partial charge in [0.2, 0.25) is 0 Å². The van der Waals surface area contributed by atoms with E-state index in [-0.39, 0.29) is 194 Å². The zero-order chi connectivity index (χ0) is 74.3. The zero-order valence-corrected chi connectivity index (χ0v) is 61.5. The lowest BCUT2D eigenvalue weighted by Crippen LogP contribution is -2.43. The third-order valence-electron chi connectivity index (χ3n) is 15.0. The van der Waals surface area contributed by atoms with Gasteiger partial charge in [0.15, 0.2) is 0 Å². The minimum absolute atomic E-state index is 0.00763. The summed E-state index contributed by atoms with van der Waals surface area (Å²) in [5.74, 6) is -8.29. The summed E-state index contributed by atoms with van der Waals surface area (Å²) in [6.07, 6.45) is -1.12. The van der Waals surface area contributed by atoms with Crippen LogP contribution in [0, 0.1) is 10.8 Å². The molecule has 0 amide bonds. The maximum Gasteiger partial charge on any atom is 0.307 e. The highest BCUT2D eigenvalue weighted by Crippen LogP contribution is 2.30.